The van der Waals surface area contributed by atoms with Crippen molar-refractivity contribution in [2.45, 2.75) is 40.0 Å². The van der Waals surface area contributed by atoms with E-state index in [9.17, 15) is 0 Å². The minimum Gasteiger partial charge on any atom is -0.193 e. The summed E-state index contributed by atoms with van der Waals surface area (Å²) in [5.41, 5.74) is 2.22. The molecule has 0 rings (SSSR count). The third kappa shape index (κ3) is 2.68. The fourth-order valence-corrected chi connectivity index (χ4v) is 1.00. The monoisotopic (exact) mass is 137 g/mol. The van der Waals surface area contributed by atoms with E-state index in [-0.39, 0.29) is 0 Å². The molecule has 0 fully saturated rings. The molecule has 0 bridgehead atoms. The van der Waals surface area contributed by atoms with Gasteiger partial charge in [0.05, 0.1) is 6.07 Å². The van der Waals surface area contributed by atoms with E-state index >= 15 is 0 Å². The maximum Gasteiger partial charge on any atom is 0.0946 e. The van der Waals surface area contributed by atoms with E-state index in [0.29, 0.717) is 0 Å². The summed E-state index contributed by atoms with van der Waals surface area (Å²) < 4.78 is 0. The van der Waals surface area contributed by atoms with E-state index < -0.39 is 0 Å². The number of hydrogen-bond donors (Lipinski definition) is 0. The van der Waals surface area contributed by atoms with Crippen LogP contribution in [0.25, 0.3) is 0 Å². The number of rotatable bonds is 3. The highest BCUT2D eigenvalue weighted by atomic mass is 14.2. The van der Waals surface area contributed by atoms with Crippen molar-refractivity contribution in [1.29, 1.82) is 5.26 Å². The van der Waals surface area contributed by atoms with Crippen LogP contribution in [0, 0.1) is 11.3 Å². The Kier molecular flexibility index (Phi) is 4.66. The minimum absolute atomic E-state index is 0.877. The lowest BCUT2D eigenvalue weighted by Crippen LogP contribution is -1.83. The standard InChI is InChI=1S/C9H15N/c1-4-6-8(3)9(5-2)7-10/h4-6H2,1-3H3/b9-8+. The fraction of sp³-hybridized carbons (Fsp3) is 0.667. The van der Waals surface area contributed by atoms with Crippen LogP contribution in [0.5, 0.6) is 0 Å². The molecular formula is C9H15N. The first kappa shape index (κ1) is 9.23. The van der Waals surface area contributed by atoms with Crippen molar-refractivity contribution in [3.8, 4) is 6.07 Å². The number of allylic oxidation sites excluding steroid dienone is 2. The van der Waals surface area contributed by atoms with Crippen molar-refractivity contribution in [1.82, 2.24) is 0 Å². The first-order valence-corrected chi connectivity index (χ1v) is 3.84. The molecule has 0 aromatic carbocycles. The lowest BCUT2D eigenvalue weighted by atomic mass is 10.0. The highest BCUT2D eigenvalue weighted by molar-refractivity contribution is 5.25. The summed E-state index contributed by atoms with van der Waals surface area (Å²) in [5.74, 6) is 0. The van der Waals surface area contributed by atoms with E-state index in [1.807, 2.05) is 13.8 Å². The third-order valence-corrected chi connectivity index (χ3v) is 1.63. The summed E-state index contributed by atoms with van der Waals surface area (Å²) in [6.45, 7) is 6.21. The van der Waals surface area contributed by atoms with E-state index in [1.54, 1.807) is 0 Å². The van der Waals surface area contributed by atoms with Crippen LogP contribution in [0.4, 0.5) is 0 Å². The Balaban J connectivity index is 4.16. The molecule has 0 aliphatic rings. The molecule has 0 radical (unpaired) electrons. The van der Waals surface area contributed by atoms with Gasteiger partial charge >= 0.3 is 0 Å². The number of hydrogen-bond acceptors (Lipinski definition) is 1. The molecule has 10 heavy (non-hydrogen) atoms. The van der Waals surface area contributed by atoms with Crippen LogP contribution < -0.4 is 0 Å². The quantitative estimate of drug-likeness (QED) is 0.548. The molecule has 0 heterocycles. The first-order chi connectivity index (χ1) is 4.76. The molecule has 1 heteroatoms. The van der Waals surface area contributed by atoms with Crippen LogP contribution in [-0.4, -0.2) is 0 Å². The molecule has 0 N–H and O–H groups in total. The zero-order valence-corrected chi connectivity index (χ0v) is 7.07. The lowest BCUT2D eigenvalue weighted by molar-refractivity contribution is 0.885. The van der Waals surface area contributed by atoms with Gasteiger partial charge in [-0.3, -0.25) is 0 Å². The summed E-state index contributed by atoms with van der Waals surface area (Å²) in [6.07, 6.45) is 3.08. The van der Waals surface area contributed by atoms with Crippen LogP contribution in [0.1, 0.15) is 40.0 Å². The first-order valence-electron chi connectivity index (χ1n) is 3.84. The van der Waals surface area contributed by atoms with Crippen molar-refractivity contribution < 1.29 is 0 Å². The maximum absolute atomic E-state index is 8.62. The van der Waals surface area contributed by atoms with Gasteiger partial charge in [-0.15, -0.1) is 0 Å². The molecule has 0 aliphatic heterocycles. The molecule has 0 amide bonds. The van der Waals surface area contributed by atoms with Crippen LogP contribution in [0.3, 0.4) is 0 Å². The highest BCUT2D eigenvalue weighted by Gasteiger charge is 1.96. The van der Waals surface area contributed by atoms with Gasteiger partial charge < -0.3 is 0 Å². The van der Waals surface area contributed by atoms with Crippen molar-refractivity contribution in [2.75, 3.05) is 0 Å². The van der Waals surface area contributed by atoms with Crippen LogP contribution in [0.15, 0.2) is 11.1 Å². The Morgan fingerprint density at radius 2 is 2.00 bits per heavy atom. The largest absolute Gasteiger partial charge is 0.193 e. The van der Waals surface area contributed by atoms with Gasteiger partial charge in [0.15, 0.2) is 0 Å². The Bertz CT molecular complexity index is 160. The molecular weight excluding hydrogens is 122 g/mol. The zero-order valence-electron chi connectivity index (χ0n) is 7.07. The number of nitriles is 1. The van der Waals surface area contributed by atoms with Gasteiger partial charge in [0.2, 0.25) is 0 Å². The normalized spacial score (nSPS) is 12.2. The summed E-state index contributed by atoms with van der Waals surface area (Å²) >= 11 is 0. The second-order valence-corrected chi connectivity index (χ2v) is 2.47. The van der Waals surface area contributed by atoms with Gasteiger partial charge in [0.25, 0.3) is 0 Å². The third-order valence-electron chi connectivity index (χ3n) is 1.63. The average molecular weight is 137 g/mol. The topological polar surface area (TPSA) is 23.8 Å². The van der Waals surface area contributed by atoms with Crippen LogP contribution >= 0.6 is 0 Å². The second kappa shape index (κ2) is 5.05. The summed E-state index contributed by atoms with van der Waals surface area (Å²) in [5, 5.41) is 8.62. The smallest absolute Gasteiger partial charge is 0.0946 e. The SMILES string of the molecule is CCC/C(C)=C(/C#N)CC. The Morgan fingerprint density at radius 1 is 1.40 bits per heavy atom. The van der Waals surface area contributed by atoms with Crippen molar-refractivity contribution in [2.24, 2.45) is 0 Å². The molecule has 56 valence electrons. The lowest BCUT2D eigenvalue weighted by Gasteiger charge is -1.99. The predicted molar refractivity (Wildman–Crippen MR) is 43.5 cm³/mol. The van der Waals surface area contributed by atoms with E-state index in [2.05, 4.69) is 13.0 Å². The van der Waals surface area contributed by atoms with Crippen LogP contribution in [-0.2, 0) is 0 Å². The molecule has 0 unspecified atom stereocenters. The van der Waals surface area contributed by atoms with E-state index in [4.69, 9.17) is 5.26 Å². The minimum atomic E-state index is 0.877. The predicted octanol–water partition coefficient (Wildman–Crippen LogP) is 3.04. The van der Waals surface area contributed by atoms with Crippen molar-refractivity contribution in [3.05, 3.63) is 11.1 Å². The molecule has 0 atom stereocenters. The summed E-state index contributed by atoms with van der Waals surface area (Å²) in [7, 11) is 0. The van der Waals surface area contributed by atoms with Crippen molar-refractivity contribution >= 4 is 0 Å². The van der Waals surface area contributed by atoms with Gasteiger partial charge in [-0.25, -0.2) is 0 Å². The molecule has 0 aromatic rings. The molecule has 0 saturated carbocycles. The average Bonchev–Trinajstić information content (AvgIpc) is 1.91. The van der Waals surface area contributed by atoms with Gasteiger partial charge in [-0.2, -0.15) is 5.26 Å². The number of nitrogens with zero attached hydrogens (tertiary/aromatic N) is 1. The van der Waals surface area contributed by atoms with Gasteiger partial charge in [0.1, 0.15) is 0 Å². The molecule has 0 aliphatic carbocycles. The molecule has 0 saturated heterocycles. The maximum atomic E-state index is 8.62. The second-order valence-electron chi connectivity index (χ2n) is 2.47. The summed E-state index contributed by atoms with van der Waals surface area (Å²) in [4.78, 5) is 0. The Hall–Kier alpha value is -0.770. The zero-order chi connectivity index (χ0) is 7.98. The van der Waals surface area contributed by atoms with E-state index in [1.165, 1.54) is 5.57 Å². The van der Waals surface area contributed by atoms with Crippen molar-refractivity contribution in [3.63, 3.8) is 0 Å². The molecule has 0 aromatic heterocycles. The molecule has 1 nitrogen and oxygen atoms in total. The van der Waals surface area contributed by atoms with Gasteiger partial charge in [-0.1, -0.05) is 25.8 Å². The summed E-state index contributed by atoms with van der Waals surface area (Å²) in [6, 6.07) is 2.22. The fourth-order valence-electron chi connectivity index (χ4n) is 1.00. The molecule has 0 spiro atoms. The highest BCUT2D eigenvalue weighted by Crippen LogP contribution is 2.11. The van der Waals surface area contributed by atoms with Gasteiger partial charge in [0, 0.05) is 5.57 Å². The van der Waals surface area contributed by atoms with Gasteiger partial charge in [-0.05, 0) is 19.8 Å². The van der Waals surface area contributed by atoms with E-state index in [0.717, 1.165) is 24.8 Å². The Labute approximate surface area is 63.4 Å². The van der Waals surface area contributed by atoms with Crippen LogP contribution in [0.2, 0.25) is 0 Å². The Morgan fingerprint density at radius 3 is 2.30 bits per heavy atom.